The topological polar surface area (TPSA) is 53.6 Å². The highest BCUT2D eigenvalue weighted by Crippen LogP contribution is 2.26. The number of amides is 2. The molecule has 1 fully saturated rings. The first kappa shape index (κ1) is 17.5. The van der Waals surface area contributed by atoms with E-state index >= 15 is 0 Å². The Hall–Kier alpha value is -0.820. The van der Waals surface area contributed by atoms with E-state index in [1.807, 2.05) is 19.1 Å². The zero-order valence-corrected chi connectivity index (χ0v) is 14.5. The average molecular weight is 346 g/mol. The molecule has 1 saturated heterocycles. The zero-order chi connectivity index (χ0) is 15.8. The van der Waals surface area contributed by atoms with Gasteiger partial charge in [0.15, 0.2) is 0 Å². The smallest absolute Gasteiger partial charge is 0.315 e. The molecule has 124 valence electrons. The van der Waals surface area contributed by atoms with Crippen molar-refractivity contribution < 1.29 is 9.53 Å². The predicted molar refractivity (Wildman–Crippen MR) is 90.8 cm³/mol. The number of nitrogens with zero attached hydrogens (tertiary/aromatic N) is 1. The molecule has 1 aliphatic rings. The van der Waals surface area contributed by atoms with Gasteiger partial charge in [-0.05, 0) is 38.4 Å². The van der Waals surface area contributed by atoms with Gasteiger partial charge >= 0.3 is 6.03 Å². The summed E-state index contributed by atoms with van der Waals surface area (Å²) in [6.45, 7) is 7.46. The van der Waals surface area contributed by atoms with Crippen molar-refractivity contribution in [1.82, 2.24) is 15.5 Å². The summed E-state index contributed by atoms with van der Waals surface area (Å²) in [5.41, 5.74) is 0. The Balaban J connectivity index is 1.53. The van der Waals surface area contributed by atoms with E-state index < -0.39 is 0 Å². The SMILES string of the molecule is C[C@@H](NC(=O)NCCCCN1CCOCC1)c1ccc(Cl)s1. The van der Waals surface area contributed by atoms with E-state index in [-0.39, 0.29) is 12.1 Å². The van der Waals surface area contributed by atoms with Crippen LogP contribution in [0.15, 0.2) is 12.1 Å². The zero-order valence-electron chi connectivity index (χ0n) is 12.9. The molecule has 1 atom stereocenters. The molecule has 2 rings (SSSR count). The maximum absolute atomic E-state index is 11.8. The van der Waals surface area contributed by atoms with E-state index in [9.17, 15) is 4.79 Å². The van der Waals surface area contributed by atoms with Crippen LogP contribution in [0.4, 0.5) is 4.79 Å². The van der Waals surface area contributed by atoms with Gasteiger partial charge in [0, 0.05) is 24.5 Å². The number of rotatable bonds is 7. The highest BCUT2D eigenvalue weighted by molar-refractivity contribution is 7.16. The van der Waals surface area contributed by atoms with E-state index in [4.69, 9.17) is 16.3 Å². The lowest BCUT2D eigenvalue weighted by Crippen LogP contribution is -2.38. The van der Waals surface area contributed by atoms with Crippen molar-refractivity contribution in [2.24, 2.45) is 0 Å². The number of ether oxygens (including phenoxy) is 1. The molecule has 1 aliphatic heterocycles. The van der Waals surface area contributed by atoms with Gasteiger partial charge < -0.3 is 15.4 Å². The minimum Gasteiger partial charge on any atom is -0.379 e. The quantitative estimate of drug-likeness (QED) is 0.747. The van der Waals surface area contributed by atoms with Crippen molar-refractivity contribution in [3.05, 3.63) is 21.3 Å². The molecule has 22 heavy (non-hydrogen) atoms. The molecule has 0 unspecified atom stereocenters. The summed E-state index contributed by atoms with van der Waals surface area (Å²) in [7, 11) is 0. The molecule has 2 heterocycles. The van der Waals surface area contributed by atoms with E-state index in [2.05, 4.69) is 15.5 Å². The van der Waals surface area contributed by atoms with E-state index in [1.165, 1.54) is 11.3 Å². The van der Waals surface area contributed by atoms with Crippen LogP contribution in [0.25, 0.3) is 0 Å². The van der Waals surface area contributed by atoms with Crippen LogP contribution in [0.3, 0.4) is 0 Å². The minimum atomic E-state index is -0.122. The van der Waals surface area contributed by atoms with Crippen LogP contribution in [0.1, 0.15) is 30.7 Å². The van der Waals surface area contributed by atoms with Gasteiger partial charge in [0.25, 0.3) is 0 Å². The molecule has 5 nitrogen and oxygen atoms in total. The molecule has 2 amide bonds. The molecule has 0 radical (unpaired) electrons. The molecule has 1 aromatic heterocycles. The highest BCUT2D eigenvalue weighted by atomic mass is 35.5. The third kappa shape index (κ3) is 6.12. The van der Waals surface area contributed by atoms with Gasteiger partial charge in [-0.15, -0.1) is 11.3 Å². The van der Waals surface area contributed by atoms with Gasteiger partial charge in [0.1, 0.15) is 0 Å². The second-order valence-electron chi connectivity index (χ2n) is 5.42. The van der Waals surface area contributed by atoms with Crippen molar-refractivity contribution in [3.8, 4) is 0 Å². The lowest BCUT2D eigenvalue weighted by atomic mass is 10.2. The third-order valence-electron chi connectivity index (χ3n) is 3.66. The fourth-order valence-corrected chi connectivity index (χ4v) is 3.43. The summed E-state index contributed by atoms with van der Waals surface area (Å²) in [5.74, 6) is 0. The summed E-state index contributed by atoms with van der Waals surface area (Å²) in [6, 6.07) is 3.65. The van der Waals surface area contributed by atoms with E-state index in [1.54, 1.807) is 0 Å². The van der Waals surface area contributed by atoms with Crippen LogP contribution >= 0.6 is 22.9 Å². The molecule has 7 heteroatoms. The van der Waals surface area contributed by atoms with Crippen LogP contribution < -0.4 is 10.6 Å². The molecule has 0 saturated carbocycles. The predicted octanol–water partition coefficient (Wildman–Crippen LogP) is 2.87. The lowest BCUT2D eigenvalue weighted by Gasteiger charge is -2.26. The molecular weight excluding hydrogens is 322 g/mol. The molecule has 0 aromatic carbocycles. The number of morpholine rings is 1. The molecule has 0 aliphatic carbocycles. The van der Waals surface area contributed by atoms with Crippen molar-refractivity contribution in [2.45, 2.75) is 25.8 Å². The number of carbonyl (C=O) groups is 1. The van der Waals surface area contributed by atoms with Gasteiger partial charge in [-0.2, -0.15) is 0 Å². The molecule has 1 aromatic rings. The first-order valence-electron chi connectivity index (χ1n) is 7.75. The number of nitrogens with one attached hydrogen (secondary N) is 2. The molecule has 2 N–H and O–H groups in total. The van der Waals surface area contributed by atoms with Gasteiger partial charge in [0.2, 0.25) is 0 Å². The number of unbranched alkanes of at least 4 members (excludes halogenated alkanes) is 1. The largest absolute Gasteiger partial charge is 0.379 e. The highest BCUT2D eigenvalue weighted by Gasteiger charge is 2.11. The Labute approximate surface area is 141 Å². The fourth-order valence-electron chi connectivity index (χ4n) is 2.37. The Morgan fingerprint density at radius 1 is 1.41 bits per heavy atom. The Kier molecular flexibility index (Phi) is 7.45. The number of hydrogen-bond acceptors (Lipinski definition) is 4. The Morgan fingerprint density at radius 3 is 2.86 bits per heavy atom. The van der Waals surface area contributed by atoms with Crippen LogP contribution in [0.5, 0.6) is 0 Å². The van der Waals surface area contributed by atoms with Crippen molar-refractivity contribution in [1.29, 1.82) is 0 Å². The van der Waals surface area contributed by atoms with Crippen LogP contribution in [-0.4, -0.2) is 50.3 Å². The maximum Gasteiger partial charge on any atom is 0.315 e. The number of halogens is 1. The second kappa shape index (κ2) is 9.35. The first-order chi connectivity index (χ1) is 10.6. The minimum absolute atomic E-state index is 0.0224. The Morgan fingerprint density at radius 2 is 2.18 bits per heavy atom. The fraction of sp³-hybridized carbons (Fsp3) is 0.667. The summed E-state index contributed by atoms with van der Waals surface area (Å²) in [4.78, 5) is 15.3. The summed E-state index contributed by atoms with van der Waals surface area (Å²) >= 11 is 7.39. The third-order valence-corrected chi connectivity index (χ3v) is 5.07. The van der Waals surface area contributed by atoms with Gasteiger partial charge in [-0.3, -0.25) is 4.90 Å². The first-order valence-corrected chi connectivity index (χ1v) is 8.94. The van der Waals surface area contributed by atoms with Crippen LogP contribution in [0.2, 0.25) is 4.34 Å². The number of carbonyl (C=O) groups excluding carboxylic acids is 1. The molecular formula is C15H24ClN3O2S. The normalized spacial score (nSPS) is 17.2. The van der Waals surface area contributed by atoms with Crippen LogP contribution in [-0.2, 0) is 4.74 Å². The Bertz CT molecular complexity index is 463. The molecule has 0 spiro atoms. The second-order valence-corrected chi connectivity index (χ2v) is 7.17. The summed E-state index contributed by atoms with van der Waals surface area (Å²) < 4.78 is 6.06. The van der Waals surface area contributed by atoms with Gasteiger partial charge in [-0.1, -0.05) is 11.6 Å². The van der Waals surface area contributed by atoms with Crippen molar-refractivity contribution >= 4 is 29.0 Å². The maximum atomic E-state index is 11.8. The van der Waals surface area contributed by atoms with E-state index in [0.29, 0.717) is 6.54 Å². The molecule has 0 bridgehead atoms. The van der Waals surface area contributed by atoms with Gasteiger partial charge in [0.05, 0.1) is 23.6 Å². The van der Waals surface area contributed by atoms with Gasteiger partial charge in [-0.25, -0.2) is 4.79 Å². The lowest BCUT2D eigenvalue weighted by molar-refractivity contribution is 0.0372. The standard InChI is InChI=1S/C15H24ClN3O2S/c1-12(13-4-5-14(16)22-13)18-15(20)17-6-2-3-7-19-8-10-21-11-9-19/h4-5,12H,2-3,6-11H2,1H3,(H2,17,18,20)/t12-/m1/s1. The van der Waals surface area contributed by atoms with Crippen molar-refractivity contribution in [2.75, 3.05) is 39.4 Å². The average Bonchev–Trinajstić information content (AvgIpc) is 2.94. The number of thiophene rings is 1. The van der Waals surface area contributed by atoms with E-state index in [0.717, 1.165) is 54.9 Å². The monoisotopic (exact) mass is 345 g/mol. The summed E-state index contributed by atoms with van der Waals surface area (Å²) in [6.07, 6.45) is 2.08. The number of urea groups is 1. The van der Waals surface area contributed by atoms with Crippen molar-refractivity contribution in [3.63, 3.8) is 0 Å². The van der Waals surface area contributed by atoms with Crippen LogP contribution in [0, 0.1) is 0 Å². The number of hydrogen-bond donors (Lipinski definition) is 2. The summed E-state index contributed by atoms with van der Waals surface area (Å²) in [5, 5.41) is 5.83.